The first-order valence-corrected chi connectivity index (χ1v) is 12.9. The van der Waals surface area contributed by atoms with Gasteiger partial charge in [-0.2, -0.15) is 5.10 Å². The van der Waals surface area contributed by atoms with Gasteiger partial charge in [-0.25, -0.2) is 9.97 Å². The zero-order chi connectivity index (χ0) is 23.5. The van der Waals surface area contributed by atoms with E-state index in [0.717, 1.165) is 46.0 Å². The van der Waals surface area contributed by atoms with Crippen LogP contribution in [0, 0.1) is 0 Å². The van der Waals surface area contributed by atoms with Crippen LogP contribution in [0.25, 0.3) is 53.1 Å². The third-order valence-electron chi connectivity index (χ3n) is 7.20. The Kier molecular flexibility index (Phi) is 4.60. The molecule has 6 aromatic rings. The average Bonchev–Trinajstić information content (AvgIpc) is 3.67. The largest absolute Gasteiger partial charge is 0.368 e. The van der Waals surface area contributed by atoms with E-state index < -0.39 is 0 Å². The molecule has 0 saturated carbocycles. The highest BCUT2D eigenvalue weighted by Gasteiger charge is 2.18. The predicted octanol–water partition coefficient (Wildman–Crippen LogP) is 6.73. The van der Waals surface area contributed by atoms with Crippen molar-refractivity contribution >= 4 is 60.3 Å². The van der Waals surface area contributed by atoms with Gasteiger partial charge in [0.05, 0.1) is 30.6 Å². The maximum absolute atomic E-state index is 4.98. The van der Waals surface area contributed by atoms with Crippen LogP contribution in [-0.4, -0.2) is 33.0 Å². The normalized spacial score (nSPS) is 16.6. The summed E-state index contributed by atoms with van der Waals surface area (Å²) in [5, 5.41) is 16.4. The van der Waals surface area contributed by atoms with Crippen molar-refractivity contribution in [3.63, 3.8) is 0 Å². The SMILES string of the molecule is CCC(C)c1nc2c3ccc(-c4cc5ccc(C6CN=CN6)cc5s4)cc3c3c[nH]ncc3c2n1. The minimum atomic E-state index is 0.273. The number of benzene rings is 3. The molecule has 0 radical (unpaired) electrons. The second-order valence-corrected chi connectivity index (χ2v) is 10.4. The quantitative estimate of drug-likeness (QED) is 0.277. The Labute approximate surface area is 206 Å². The standard InChI is InChI=1S/C28H24N6S/c1-3-15(2)28-33-26-19-7-6-17(8-20(19)21-11-31-32-12-22(21)27(26)34-28)25-10-18-5-4-16(9-24(18)35-25)23-13-29-14-30-23/h4-12,14-15,23,31H,3,13H2,1-2H3,(H,29,30). The summed E-state index contributed by atoms with van der Waals surface area (Å²) in [7, 11) is 0. The molecule has 2 atom stereocenters. The Balaban J connectivity index is 1.41. The van der Waals surface area contributed by atoms with Gasteiger partial charge in [-0.3, -0.25) is 10.1 Å². The van der Waals surface area contributed by atoms with Gasteiger partial charge in [-0.05, 0) is 46.5 Å². The Morgan fingerprint density at radius 2 is 1.89 bits per heavy atom. The lowest BCUT2D eigenvalue weighted by molar-refractivity contribution is 0.692. The van der Waals surface area contributed by atoms with Crippen molar-refractivity contribution in [2.45, 2.75) is 32.2 Å². The lowest BCUT2D eigenvalue weighted by Gasteiger charge is -2.09. The number of thiophene rings is 1. The fraction of sp³-hybridized carbons (Fsp3) is 0.214. The van der Waals surface area contributed by atoms with Crippen LogP contribution in [0.2, 0.25) is 0 Å². The van der Waals surface area contributed by atoms with Crippen molar-refractivity contribution in [1.82, 2.24) is 25.5 Å². The van der Waals surface area contributed by atoms with E-state index in [2.05, 4.69) is 76.8 Å². The molecule has 0 spiro atoms. The van der Waals surface area contributed by atoms with Crippen molar-refractivity contribution in [2.75, 3.05) is 6.54 Å². The highest BCUT2D eigenvalue weighted by atomic mass is 32.1. The fourth-order valence-corrected chi connectivity index (χ4v) is 6.10. The number of imidazole rings is 1. The molecule has 7 rings (SSSR count). The highest BCUT2D eigenvalue weighted by Crippen LogP contribution is 2.40. The summed E-state index contributed by atoms with van der Waals surface area (Å²) in [6.07, 6.45) is 6.67. The van der Waals surface area contributed by atoms with E-state index in [1.807, 2.05) is 23.7 Å². The second kappa shape index (κ2) is 7.85. The van der Waals surface area contributed by atoms with E-state index in [9.17, 15) is 0 Å². The van der Waals surface area contributed by atoms with Crippen LogP contribution in [0.5, 0.6) is 0 Å². The predicted molar refractivity (Wildman–Crippen MR) is 145 cm³/mol. The van der Waals surface area contributed by atoms with Crippen LogP contribution in [0.4, 0.5) is 0 Å². The number of hydrogen-bond acceptors (Lipinski definition) is 6. The third kappa shape index (κ3) is 3.22. The van der Waals surface area contributed by atoms with Gasteiger partial charge in [0.2, 0.25) is 0 Å². The second-order valence-electron chi connectivity index (χ2n) is 9.33. The van der Waals surface area contributed by atoms with E-state index in [-0.39, 0.29) is 6.04 Å². The Bertz CT molecular complexity index is 1770. The first-order valence-electron chi connectivity index (χ1n) is 12.0. The smallest absolute Gasteiger partial charge is 0.132 e. The molecule has 6 nitrogen and oxygen atoms in total. The van der Waals surface area contributed by atoms with Gasteiger partial charge < -0.3 is 5.32 Å². The van der Waals surface area contributed by atoms with Crippen LogP contribution >= 0.6 is 11.3 Å². The van der Waals surface area contributed by atoms with Crippen LogP contribution in [0.1, 0.15) is 43.6 Å². The molecule has 35 heavy (non-hydrogen) atoms. The molecule has 1 aliphatic heterocycles. The topological polar surface area (TPSA) is 78.9 Å². The summed E-state index contributed by atoms with van der Waals surface area (Å²) >= 11 is 1.84. The molecule has 172 valence electrons. The van der Waals surface area contributed by atoms with Crippen molar-refractivity contribution < 1.29 is 0 Å². The van der Waals surface area contributed by atoms with Crippen molar-refractivity contribution in [3.05, 3.63) is 66.2 Å². The molecular formula is C28H24N6S. The Hall–Kier alpha value is -3.84. The summed E-state index contributed by atoms with van der Waals surface area (Å²) in [6.45, 7) is 5.16. The Morgan fingerprint density at radius 1 is 1.00 bits per heavy atom. The molecule has 2 N–H and O–H groups in total. The highest BCUT2D eigenvalue weighted by molar-refractivity contribution is 7.22. The number of aromatic amines is 1. The van der Waals surface area contributed by atoms with Crippen LogP contribution in [-0.2, 0) is 0 Å². The molecule has 2 unspecified atom stereocenters. The lowest BCUT2D eigenvalue weighted by atomic mass is 9.99. The summed E-state index contributed by atoms with van der Waals surface area (Å²) < 4.78 is 1.30. The van der Waals surface area contributed by atoms with Gasteiger partial charge in [0.25, 0.3) is 0 Å². The lowest BCUT2D eigenvalue weighted by Crippen LogP contribution is -2.14. The number of nitrogens with one attached hydrogen (secondary N) is 2. The molecule has 3 aromatic heterocycles. The molecule has 0 amide bonds. The van der Waals surface area contributed by atoms with Gasteiger partial charge in [-0.15, -0.1) is 11.3 Å². The van der Waals surface area contributed by atoms with Crippen LogP contribution < -0.4 is 5.32 Å². The van der Waals surface area contributed by atoms with Crippen molar-refractivity contribution in [1.29, 1.82) is 0 Å². The minimum absolute atomic E-state index is 0.273. The third-order valence-corrected chi connectivity index (χ3v) is 8.35. The maximum Gasteiger partial charge on any atom is 0.132 e. The van der Waals surface area contributed by atoms with Crippen LogP contribution in [0.3, 0.4) is 0 Å². The first kappa shape index (κ1) is 20.5. The van der Waals surface area contributed by atoms with Crippen molar-refractivity contribution in [2.24, 2.45) is 4.99 Å². The molecular weight excluding hydrogens is 452 g/mol. The number of aromatic nitrogens is 4. The van der Waals surface area contributed by atoms with E-state index >= 15 is 0 Å². The molecule has 0 bridgehead atoms. The molecule has 1 aliphatic rings. The average molecular weight is 477 g/mol. The molecule has 3 aromatic carbocycles. The number of nitrogens with zero attached hydrogens (tertiary/aromatic N) is 4. The fourth-order valence-electron chi connectivity index (χ4n) is 4.99. The Morgan fingerprint density at radius 3 is 2.71 bits per heavy atom. The first-order chi connectivity index (χ1) is 17.2. The number of aliphatic imine (C=N–C) groups is 1. The number of H-pyrrole nitrogens is 1. The number of hydrogen-bond donors (Lipinski definition) is 2. The number of fused-ring (bicyclic) bond motifs is 7. The van der Waals surface area contributed by atoms with Crippen molar-refractivity contribution in [3.8, 4) is 10.4 Å². The molecule has 0 saturated heterocycles. The molecule has 0 aliphatic carbocycles. The molecule has 7 heteroatoms. The van der Waals surface area contributed by atoms with E-state index in [1.165, 1.54) is 31.5 Å². The van der Waals surface area contributed by atoms with Gasteiger partial charge in [0, 0.05) is 37.9 Å². The summed E-state index contributed by atoms with van der Waals surface area (Å²) in [5.74, 6) is 1.24. The summed E-state index contributed by atoms with van der Waals surface area (Å²) in [5.41, 5.74) is 4.40. The van der Waals surface area contributed by atoms with E-state index in [4.69, 9.17) is 9.97 Å². The minimum Gasteiger partial charge on any atom is -0.368 e. The zero-order valence-corrected chi connectivity index (χ0v) is 20.4. The van der Waals surface area contributed by atoms with Gasteiger partial charge in [0.1, 0.15) is 11.3 Å². The van der Waals surface area contributed by atoms with E-state index in [1.54, 1.807) is 6.34 Å². The molecule has 0 fully saturated rings. The number of rotatable bonds is 4. The van der Waals surface area contributed by atoms with Gasteiger partial charge in [-0.1, -0.05) is 38.1 Å². The summed E-state index contributed by atoms with van der Waals surface area (Å²) in [4.78, 5) is 15.5. The van der Waals surface area contributed by atoms with Crippen LogP contribution in [0.15, 0.2) is 59.9 Å². The molecule has 4 heterocycles. The van der Waals surface area contributed by atoms with Gasteiger partial charge in [0.15, 0.2) is 0 Å². The van der Waals surface area contributed by atoms with Gasteiger partial charge >= 0.3 is 0 Å². The summed E-state index contributed by atoms with van der Waals surface area (Å²) in [6, 6.07) is 16.0. The van der Waals surface area contributed by atoms with E-state index in [0.29, 0.717) is 5.92 Å². The zero-order valence-electron chi connectivity index (χ0n) is 19.5. The maximum atomic E-state index is 4.98. The monoisotopic (exact) mass is 476 g/mol.